The van der Waals surface area contributed by atoms with Crippen LogP contribution in [0.2, 0.25) is 0 Å². The second-order valence-electron chi connectivity index (χ2n) is 5.14. The Balaban J connectivity index is 2.16. The number of carbonyl (C=O) groups is 2. The van der Waals surface area contributed by atoms with Crippen molar-refractivity contribution < 1.29 is 23.1 Å². The smallest absolute Gasteiger partial charge is 0.308 e. The Morgan fingerprint density at radius 3 is 2.50 bits per heavy atom. The summed E-state index contributed by atoms with van der Waals surface area (Å²) in [6.07, 6.45) is 0.656. The van der Waals surface area contributed by atoms with E-state index in [0.717, 1.165) is 0 Å². The molecule has 1 atom stereocenters. The van der Waals surface area contributed by atoms with E-state index < -0.39 is 21.9 Å². The lowest BCUT2D eigenvalue weighted by molar-refractivity contribution is -0.141. The van der Waals surface area contributed by atoms with E-state index in [1.165, 1.54) is 29.2 Å². The van der Waals surface area contributed by atoms with Gasteiger partial charge in [0.2, 0.25) is 15.9 Å². The van der Waals surface area contributed by atoms with E-state index in [4.69, 9.17) is 5.11 Å². The van der Waals surface area contributed by atoms with E-state index >= 15 is 0 Å². The van der Waals surface area contributed by atoms with Gasteiger partial charge in [-0.3, -0.25) is 9.59 Å². The summed E-state index contributed by atoms with van der Waals surface area (Å²) >= 11 is 0. The Bertz CT molecular complexity index is 669. The summed E-state index contributed by atoms with van der Waals surface area (Å²) in [6, 6.07) is 5.86. The molecular weight excluding hydrogens is 308 g/mol. The van der Waals surface area contributed by atoms with Gasteiger partial charge < -0.3 is 10.0 Å². The number of hydrogen-bond acceptors (Lipinski definition) is 4. The Labute approximate surface area is 129 Å². The molecule has 120 valence electrons. The summed E-state index contributed by atoms with van der Waals surface area (Å²) in [6.45, 7) is 2.33. The number of rotatable bonds is 6. The molecule has 1 aromatic rings. The van der Waals surface area contributed by atoms with Crippen LogP contribution in [0.25, 0.3) is 0 Å². The Kier molecular flexibility index (Phi) is 4.82. The Morgan fingerprint density at radius 2 is 2.00 bits per heavy atom. The van der Waals surface area contributed by atoms with Gasteiger partial charge in [0.15, 0.2) is 0 Å². The summed E-state index contributed by atoms with van der Waals surface area (Å²) in [4.78, 5) is 24.3. The molecule has 1 amide bonds. The zero-order valence-corrected chi connectivity index (χ0v) is 13.0. The van der Waals surface area contributed by atoms with Crippen molar-refractivity contribution in [1.82, 2.24) is 4.72 Å². The van der Waals surface area contributed by atoms with E-state index in [1.807, 2.05) is 6.92 Å². The average molecular weight is 326 g/mol. The van der Waals surface area contributed by atoms with Gasteiger partial charge in [0, 0.05) is 25.2 Å². The fourth-order valence-electron chi connectivity index (χ4n) is 2.25. The minimum atomic E-state index is -3.55. The van der Waals surface area contributed by atoms with Crippen LogP contribution in [0.3, 0.4) is 0 Å². The number of nitrogens with zero attached hydrogens (tertiary/aromatic N) is 1. The molecule has 1 saturated heterocycles. The highest BCUT2D eigenvalue weighted by Gasteiger charge is 2.35. The monoisotopic (exact) mass is 326 g/mol. The molecule has 0 aliphatic carbocycles. The number of aliphatic carboxylic acids is 1. The molecule has 0 bridgehead atoms. The molecule has 1 aliphatic rings. The van der Waals surface area contributed by atoms with Gasteiger partial charge in [-0.05, 0) is 30.7 Å². The van der Waals surface area contributed by atoms with Gasteiger partial charge in [0.1, 0.15) is 0 Å². The van der Waals surface area contributed by atoms with Gasteiger partial charge in [0.25, 0.3) is 0 Å². The van der Waals surface area contributed by atoms with Crippen molar-refractivity contribution in [3.8, 4) is 0 Å². The van der Waals surface area contributed by atoms with E-state index in [-0.39, 0.29) is 23.8 Å². The highest BCUT2D eigenvalue weighted by atomic mass is 32.2. The number of benzene rings is 1. The van der Waals surface area contributed by atoms with Crippen molar-refractivity contribution in [2.75, 3.05) is 18.0 Å². The average Bonchev–Trinajstić information content (AvgIpc) is 2.87. The molecular formula is C14H18N2O5S. The lowest BCUT2D eigenvalue weighted by Crippen LogP contribution is -2.26. The van der Waals surface area contributed by atoms with Crippen LogP contribution in [0.15, 0.2) is 29.2 Å². The maximum atomic E-state index is 12.0. The van der Waals surface area contributed by atoms with Crippen molar-refractivity contribution in [2.24, 2.45) is 5.92 Å². The minimum Gasteiger partial charge on any atom is -0.481 e. The van der Waals surface area contributed by atoms with Crippen LogP contribution in [0.5, 0.6) is 0 Å². The highest BCUT2D eigenvalue weighted by Crippen LogP contribution is 2.26. The van der Waals surface area contributed by atoms with Crippen LogP contribution >= 0.6 is 0 Å². The molecule has 1 heterocycles. The summed E-state index contributed by atoms with van der Waals surface area (Å²) < 4.78 is 26.4. The maximum absolute atomic E-state index is 12.0. The predicted molar refractivity (Wildman–Crippen MR) is 80.0 cm³/mol. The van der Waals surface area contributed by atoms with E-state index in [2.05, 4.69) is 4.72 Å². The molecule has 2 N–H and O–H groups in total. The number of anilines is 1. The summed E-state index contributed by atoms with van der Waals surface area (Å²) in [7, 11) is -3.55. The molecule has 0 spiro atoms. The van der Waals surface area contributed by atoms with E-state index in [1.54, 1.807) is 0 Å². The highest BCUT2D eigenvalue weighted by molar-refractivity contribution is 7.89. The largest absolute Gasteiger partial charge is 0.481 e. The molecule has 1 aliphatic heterocycles. The first-order valence-electron chi connectivity index (χ1n) is 6.98. The normalized spacial score (nSPS) is 18.7. The SMILES string of the molecule is CCCNS(=O)(=O)c1ccc(N2CC(C(=O)O)CC2=O)cc1. The van der Waals surface area contributed by atoms with E-state index in [9.17, 15) is 18.0 Å². The van der Waals surface area contributed by atoms with Crippen molar-refractivity contribution >= 4 is 27.6 Å². The predicted octanol–water partition coefficient (Wildman–Crippen LogP) is 0.812. The first-order valence-corrected chi connectivity index (χ1v) is 8.46. The summed E-state index contributed by atoms with van der Waals surface area (Å²) in [5.41, 5.74) is 0.503. The molecule has 1 aromatic carbocycles. The van der Waals surface area contributed by atoms with Gasteiger partial charge in [-0.1, -0.05) is 6.92 Å². The number of hydrogen-bond donors (Lipinski definition) is 2. The maximum Gasteiger partial charge on any atom is 0.308 e. The third-order valence-electron chi connectivity index (χ3n) is 3.48. The molecule has 22 heavy (non-hydrogen) atoms. The molecule has 0 saturated carbocycles. The van der Waals surface area contributed by atoms with Crippen LogP contribution in [0, 0.1) is 5.92 Å². The van der Waals surface area contributed by atoms with Gasteiger partial charge in [-0.15, -0.1) is 0 Å². The number of carbonyl (C=O) groups excluding carboxylic acids is 1. The molecule has 1 fully saturated rings. The van der Waals surface area contributed by atoms with Crippen LogP contribution in [0.1, 0.15) is 19.8 Å². The fraction of sp³-hybridized carbons (Fsp3) is 0.429. The lowest BCUT2D eigenvalue weighted by atomic mass is 10.1. The van der Waals surface area contributed by atoms with Crippen molar-refractivity contribution in [3.63, 3.8) is 0 Å². The first kappa shape index (κ1) is 16.4. The van der Waals surface area contributed by atoms with E-state index in [0.29, 0.717) is 18.7 Å². The first-order chi connectivity index (χ1) is 10.3. The number of amides is 1. The molecule has 2 rings (SSSR count). The van der Waals surface area contributed by atoms with Gasteiger partial charge >= 0.3 is 5.97 Å². The molecule has 0 radical (unpaired) electrons. The van der Waals surface area contributed by atoms with Crippen molar-refractivity contribution in [1.29, 1.82) is 0 Å². The Morgan fingerprint density at radius 1 is 1.36 bits per heavy atom. The fourth-order valence-corrected chi connectivity index (χ4v) is 3.38. The number of carboxylic acids is 1. The zero-order valence-electron chi connectivity index (χ0n) is 12.2. The number of sulfonamides is 1. The van der Waals surface area contributed by atoms with Gasteiger partial charge in [-0.2, -0.15) is 0 Å². The second kappa shape index (κ2) is 6.45. The third-order valence-corrected chi connectivity index (χ3v) is 4.95. The van der Waals surface area contributed by atoms with Gasteiger partial charge in [0.05, 0.1) is 10.8 Å². The van der Waals surface area contributed by atoms with Gasteiger partial charge in [-0.25, -0.2) is 13.1 Å². The summed E-state index contributed by atoms with van der Waals surface area (Å²) in [5.74, 6) is -1.99. The quantitative estimate of drug-likeness (QED) is 0.805. The standard InChI is InChI=1S/C14H18N2O5S/c1-2-7-15-22(20,21)12-5-3-11(4-6-12)16-9-10(14(18)19)8-13(16)17/h3-6,10,15H,2,7-9H2,1H3,(H,18,19). The van der Waals surface area contributed by atoms with Crippen LogP contribution < -0.4 is 9.62 Å². The van der Waals surface area contributed by atoms with Crippen LogP contribution in [0.4, 0.5) is 5.69 Å². The zero-order chi connectivity index (χ0) is 16.3. The lowest BCUT2D eigenvalue weighted by Gasteiger charge is -2.16. The topological polar surface area (TPSA) is 104 Å². The van der Waals surface area contributed by atoms with Crippen molar-refractivity contribution in [3.05, 3.63) is 24.3 Å². The van der Waals surface area contributed by atoms with Crippen LogP contribution in [-0.4, -0.2) is 38.5 Å². The molecule has 8 heteroatoms. The Hall–Kier alpha value is -1.93. The molecule has 0 aromatic heterocycles. The van der Waals surface area contributed by atoms with Crippen molar-refractivity contribution in [2.45, 2.75) is 24.7 Å². The molecule has 7 nitrogen and oxygen atoms in total. The second-order valence-corrected chi connectivity index (χ2v) is 6.90. The summed E-state index contributed by atoms with van der Waals surface area (Å²) in [5, 5.41) is 8.96. The minimum absolute atomic E-state index is 0.0343. The van der Waals surface area contributed by atoms with Crippen LogP contribution in [-0.2, 0) is 19.6 Å². The molecule has 1 unspecified atom stereocenters. The number of carboxylic acid groups (broad SMARTS) is 1. The third kappa shape index (κ3) is 3.45. The number of nitrogens with one attached hydrogen (secondary N) is 1.